The van der Waals surface area contributed by atoms with Crippen LogP contribution < -0.4 is 10.7 Å². The van der Waals surface area contributed by atoms with Crippen molar-refractivity contribution < 1.29 is 14.7 Å². The van der Waals surface area contributed by atoms with Gasteiger partial charge in [0.2, 0.25) is 0 Å². The van der Waals surface area contributed by atoms with Crippen LogP contribution in [0.2, 0.25) is 0 Å². The minimum atomic E-state index is -0.817. The van der Waals surface area contributed by atoms with Crippen molar-refractivity contribution in [2.24, 2.45) is 5.10 Å². The zero-order valence-corrected chi connectivity index (χ0v) is 12.0. The van der Waals surface area contributed by atoms with Crippen molar-refractivity contribution >= 4 is 18.0 Å². The molecule has 108 valence electrons. The van der Waals surface area contributed by atoms with Gasteiger partial charge in [-0.05, 0) is 56.5 Å². The predicted molar refractivity (Wildman–Crippen MR) is 76.6 cm³/mol. The van der Waals surface area contributed by atoms with E-state index in [9.17, 15) is 14.7 Å². The van der Waals surface area contributed by atoms with Gasteiger partial charge in [-0.1, -0.05) is 0 Å². The number of phenols is 1. The molecule has 0 fully saturated rings. The molecule has 1 rings (SSSR count). The van der Waals surface area contributed by atoms with Crippen LogP contribution in [-0.4, -0.2) is 29.2 Å². The molecule has 0 aliphatic carbocycles. The van der Waals surface area contributed by atoms with Crippen molar-refractivity contribution in [3.05, 3.63) is 28.8 Å². The van der Waals surface area contributed by atoms with Crippen molar-refractivity contribution in [1.82, 2.24) is 10.7 Å². The Morgan fingerprint density at radius 2 is 1.75 bits per heavy atom. The Morgan fingerprint density at radius 3 is 2.25 bits per heavy atom. The predicted octanol–water partition coefficient (Wildman–Crippen LogP) is 0.984. The van der Waals surface area contributed by atoms with E-state index in [1.54, 1.807) is 39.8 Å². The summed E-state index contributed by atoms with van der Waals surface area (Å²) in [5.74, 6) is -1.31. The minimum Gasteiger partial charge on any atom is -0.507 e. The van der Waals surface area contributed by atoms with Gasteiger partial charge in [-0.3, -0.25) is 9.59 Å². The van der Waals surface area contributed by atoms with Gasteiger partial charge in [0.1, 0.15) is 5.75 Å². The van der Waals surface area contributed by atoms with Crippen molar-refractivity contribution in [2.75, 3.05) is 0 Å². The lowest BCUT2D eigenvalue weighted by molar-refractivity contribution is -0.139. The Kier molecular flexibility index (Phi) is 5.25. The van der Waals surface area contributed by atoms with Crippen LogP contribution in [0.25, 0.3) is 0 Å². The van der Waals surface area contributed by atoms with Crippen molar-refractivity contribution in [1.29, 1.82) is 0 Å². The zero-order valence-electron chi connectivity index (χ0n) is 12.0. The smallest absolute Gasteiger partial charge is 0.329 e. The molecule has 0 atom stereocenters. The first-order valence-electron chi connectivity index (χ1n) is 6.25. The molecule has 0 spiro atoms. The summed E-state index contributed by atoms with van der Waals surface area (Å²) in [6, 6.07) is 3.35. The number of hydrazone groups is 1. The van der Waals surface area contributed by atoms with E-state index in [2.05, 4.69) is 15.8 Å². The standard InChI is InChI=1S/C14H19N3O3/c1-8(2)16-13(19)14(20)17-15-7-11-5-9(3)12(18)10(4)6-11/h5-8,18H,1-4H3,(H,16,19)(H,17,20)/b15-7+. The maximum atomic E-state index is 11.4. The number of nitrogens with one attached hydrogen (secondary N) is 2. The second-order valence-electron chi connectivity index (χ2n) is 4.83. The molecule has 1 aromatic rings. The average molecular weight is 277 g/mol. The number of nitrogens with zero attached hydrogens (tertiary/aromatic N) is 1. The molecule has 0 radical (unpaired) electrons. The first kappa shape index (κ1) is 15.7. The fraction of sp³-hybridized carbons (Fsp3) is 0.357. The molecule has 0 saturated carbocycles. The largest absolute Gasteiger partial charge is 0.507 e. The molecule has 0 unspecified atom stereocenters. The lowest BCUT2D eigenvalue weighted by atomic mass is 10.1. The van der Waals surface area contributed by atoms with Crippen LogP contribution in [-0.2, 0) is 9.59 Å². The van der Waals surface area contributed by atoms with Gasteiger partial charge in [0, 0.05) is 6.04 Å². The summed E-state index contributed by atoms with van der Waals surface area (Å²) < 4.78 is 0. The third-order valence-electron chi connectivity index (χ3n) is 2.52. The third kappa shape index (κ3) is 4.38. The number of hydrogen-bond acceptors (Lipinski definition) is 4. The molecule has 0 aromatic heterocycles. The molecular formula is C14H19N3O3. The van der Waals surface area contributed by atoms with Crippen LogP contribution in [0.3, 0.4) is 0 Å². The number of benzene rings is 1. The number of aromatic hydroxyl groups is 1. The fourth-order valence-electron chi connectivity index (χ4n) is 1.61. The van der Waals surface area contributed by atoms with E-state index in [1.807, 2.05) is 0 Å². The summed E-state index contributed by atoms with van der Waals surface area (Å²) >= 11 is 0. The molecule has 6 nitrogen and oxygen atoms in total. The Hall–Kier alpha value is -2.37. The van der Waals surface area contributed by atoms with E-state index >= 15 is 0 Å². The van der Waals surface area contributed by atoms with Gasteiger partial charge in [-0.2, -0.15) is 5.10 Å². The van der Waals surface area contributed by atoms with Crippen LogP contribution >= 0.6 is 0 Å². The van der Waals surface area contributed by atoms with Crippen LogP contribution in [0.5, 0.6) is 5.75 Å². The van der Waals surface area contributed by atoms with E-state index in [-0.39, 0.29) is 11.8 Å². The number of carbonyl (C=O) groups excluding carboxylic acids is 2. The zero-order chi connectivity index (χ0) is 15.3. The number of carbonyl (C=O) groups is 2. The first-order valence-corrected chi connectivity index (χ1v) is 6.25. The summed E-state index contributed by atoms with van der Waals surface area (Å²) in [5, 5.41) is 15.8. The van der Waals surface area contributed by atoms with Gasteiger partial charge in [0.15, 0.2) is 0 Å². The van der Waals surface area contributed by atoms with Gasteiger partial charge in [-0.25, -0.2) is 5.43 Å². The minimum absolute atomic E-state index is 0.111. The van der Waals surface area contributed by atoms with Gasteiger partial charge in [0.25, 0.3) is 0 Å². The maximum Gasteiger partial charge on any atom is 0.329 e. The van der Waals surface area contributed by atoms with E-state index in [1.165, 1.54) is 6.21 Å². The first-order chi connectivity index (χ1) is 9.31. The summed E-state index contributed by atoms with van der Waals surface area (Å²) in [6.45, 7) is 7.07. The maximum absolute atomic E-state index is 11.4. The van der Waals surface area contributed by atoms with Crippen LogP contribution in [0.15, 0.2) is 17.2 Å². The molecule has 1 aromatic carbocycles. The van der Waals surface area contributed by atoms with Gasteiger partial charge < -0.3 is 10.4 Å². The summed E-state index contributed by atoms with van der Waals surface area (Å²) in [6.07, 6.45) is 1.42. The van der Waals surface area contributed by atoms with Crippen LogP contribution in [0.4, 0.5) is 0 Å². The number of hydrogen-bond donors (Lipinski definition) is 3. The second-order valence-corrected chi connectivity index (χ2v) is 4.83. The van der Waals surface area contributed by atoms with Gasteiger partial charge in [-0.15, -0.1) is 0 Å². The Morgan fingerprint density at radius 1 is 1.20 bits per heavy atom. The van der Waals surface area contributed by atoms with Crippen molar-refractivity contribution in [3.8, 4) is 5.75 Å². The molecular weight excluding hydrogens is 258 g/mol. The average Bonchev–Trinajstić information content (AvgIpc) is 2.34. The van der Waals surface area contributed by atoms with E-state index < -0.39 is 11.8 Å². The summed E-state index contributed by atoms with van der Waals surface area (Å²) in [5.41, 5.74) is 4.31. The SMILES string of the molecule is Cc1cc(/C=N/NC(=O)C(=O)NC(C)C)cc(C)c1O. The van der Waals surface area contributed by atoms with Crippen LogP contribution in [0, 0.1) is 13.8 Å². The Labute approximate surface area is 117 Å². The number of aryl methyl sites for hydroxylation is 2. The lowest BCUT2D eigenvalue weighted by Crippen LogP contribution is -2.41. The summed E-state index contributed by atoms with van der Waals surface area (Å²) in [4.78, 5) is 22.7. The highest BCUT2D eigenvalue weighted by Gasteiger charge is 2.12. The fourth-order valence-corrected chi connectivity index (χ4v) is 1.61. The highest BCUT2D eigenvalue weighted by Crippen LogP contribution is 2.21. The van der Waals surface area contributed by atoms with Gasteiger partial charge in [0.05, 0.1) is 6.21 Å². The van der Waals surface area contributed by atoms with E-state index in [4.69, 9.17) is 0 Å². The van der Waals surface area contributed by atoms with E-state index in [0.29, 0.717) is 0 Å². The summed E-state index contributed by atoms with van der Waals surface area (Å²) in [7, 11) is 0. The lowest BCUT2D eigenvalue weighted by Gasteiger charge is -2.06. The molecule has 0 bridgehead atoms. The number of phenolic OH excluding ortho intramolecular Hbond substituents is 1. The highest BCUT2D eigenvalue weighted by atomic mass is 16.3. The molecule has 20 heavy (non-hydrogen) atoms. The second kappa shape index (κ2) is 6.70. The molecule has 6 heteroatoms. The van der Waals surface area contributed by atoms with Gasteiger partial charge >= 0.3 is 11.8 Å². The molecule has 2 amide bonds. The number of rotatable bonds is 3. The Bertz CT molecular complexity index is 528. The highest BCUT2D eigenvalue weighted by molar-refractivity contribution is 6.35. The van der Waals surface area contributed by atoms with Crippen molar-refractivity contribution in [3.63, 3.8) is 0 Å². The molecule has 3 N–H and O–H groups in total. The quantitative estimate of drug-likeness (QED) is 0.437. The topological polar surface area (TPSA) is 90.8 Å². The van der Waals surface area contributed by atoms with E-state index in [0.717, 1.165) is 16.7 Å². The monoisotopic (exact) mass is 277 g/mol. The molecule has 0 aliphatic heterocycles. The molecule has 0 aliphatic rings. The Balaban J connectivity index is 2.66. The molecule has 0 saturated heterocycles. The normalized spacial score (nSPS) is 10.8. The molecule has 0 heterocycles. The third-order valence-corrected chi connectivity index (χ3v) is 2.52. The van der Waals surface area contributed by atoms with Crippen LogP contribution in [0.1, 0.15) is 30.5 Å². The number of amides is 2. The van der Waals surface area contributed by atoms with Crippen molar-refractivity contribution in [2.45, 2.75) is 33.7 Å².